The first-order valence-electron chi connectivity index (χ1n) is 13.0. The molecule has 3 heterocycles. The van der Waals surface area contributed by atoms with Gasteiger partial charge in [0.2, 0.25) is 0 Å². The zero-order valence-corrected chi connectivity index (χ0v) is 20.5. The van der Waals surface area contributed by atoms with Crippen LogP contribution in [0.15, 0.2) is 42.7 Å². The molecule has 1 aliphatic heterocycles. The van der Waals surface area contributed by atoms with Gasteiger partial charge in [0.05, 0.1) is 11.2 Å². The van der Waals surface area contributed by atoms with Gasteiger partial charge in [0.15, 0.2) is 5.78 Å². The van der Waals surface area contributed by atoms with Gasteiger partial charge < -0.3 is 0 Å². The van der Waals surface area contributed by atoms with Crippen molar-refractivity contribution in [2.45, 2.75) is 71.3 Å². The summed E-state index contributed by atoms with van der Waals surface area (Å²) >= 11 is 0. The summed E-state index contributed by atoms with van der Waals surface area (Å²) in [6, 6.07) is 9.83. The summed E-state index contributed by atoms with van der Waals surface area (Å²) in [6.45, 7) is 7.54. The Labute approximate surface area is 203 Å². The largest absolute Gasteiger partial charge is 0.297 e. The van der Waals surface area contributed by atoms with Gasteiger partial charge >= 0.3 is 0 Å². The zero-order chi connectivity index (χ0) is 23.5. The van der Waals surface area contributed by atoms with Crippen LogP contribution in [0.1, 0.15) is 85.7 Å². The van der Waals surface area contributed by atoms with E-state index in [1.54, 1.807) is 6.20 Å². The predicted molar refractivity (Wildman–Crippen MR) is 136 cm³/mol. The van der Waals surface area contributed by atoms with Gasteiger partial charge in [-0.2, -0.15) is 0 Å². The van der Waals surface area contributed by atoms with Gasteiger partial charge in [-0.25, -0.2) is 9.97 Å². The Morgan fingerprint density at radius 3 is 2.71 bits per heavy atom. The predicted octanol–water partition coefficient (Wildman–Crippen LogP) is 5.98. The molecule has 1 saturated carbocycles. The topological polar surface area (TPSA) is 59.0 Å². The molecule has 0 spiro atoms. The summed E-state index contributed by atoms with van der Waals surface area (Å²) in [5.74, 6) is 2.92. The molecular weight excluding hydrogens is 420 g/mol. The fourth-order valence-electron chi connectivity index (χ4n) is 5.65. The summed E-state index contributed by atoms with van der Waals surface area (Å²) in [6.07, 6.45) is 11.7. The van der Waals surface area contributed by atoms with Crippen molar-refractivity contribution in [1.82, 2.24) is 19.9 Å². The Balaban J connectivity index is 1.10. The van der Waals surface area contributed by atoms with Crippen LogP contribution in [0.2, 0.25) is 0 Å². The third-order valence-electron chi connectivity index (χ3n) is 7.80. The average molecular weight is 457 g/mol. The van der Waals surface area contributed by atoms with E-state index in [9.17, 15) is 4.79 Å². The van der Waals surface area contributed by atoms with Crippen LogP contribution in [-0.4, -0.2) is 38.7 Å². The second-order valence-corrected chi connectivity index (χ2v) is 10.6. The lowest BCUT2D eigenvalue weighted by molar-refractivity contribution is 0.0941. The minimum Gasteiger partial charge on any atom is -0.297 e. The van der Waals surface area contributed by atoms with E-state index in [1.165, 1.54) is 43.4 Å². The van der Waals surface area contributed by atoms with Gasteiger partial charge in [0.25, 0.3) is 0 Å². The van der Waals surface area contributed by atoms with E-state index in [1.807, 2.05) is 36.5 Å². The van der Waals surface area contributed by atoms with Gasteiger partial charge in [-0.3, -0.25) is 14.7 Å². The Morgan fingerprint density at radius 1 is 1.06 bits per heavy atom. The van der Waals surface area contributed by atoms with Gasteiger partial charge in [0, 0.05) is 48.8 Å². The number of hydrogen-bond acceptors (Lipinski definition) is 5. The highest BCUT2D eigenvalue weighted by atomic mass is 16.1. The molecule has 1 aliphatic carbocycles. The number of hydrogen-bond donors (Lipinski definition) is 0. The van der Waals surface area contributed by atoms with Crippen molar-refractivity contribution >= 4 is 16.7 Å². The van der Waals surface area contributed by atoms with Crippen molar-refractivity contribution in [3.63, 3.8) is 0 Å². The number of aromatic nitrogens is 3. The first kappa shape index (κ1) is 23.1. The SMILES string of the molecule is CC(C)c1ncc2c(n1)CN(CCC1CCC(CC(=O)c3cccc4ncccc34)CC1)CC2. The number of Topliss-reactive ketones (excluding diaryl/α,β-unsaturated/α-hetero) is 1. The molecule has 5 nitrogen and oxygen atoms in total. The van der Waals surface area contributed by atoms with Crippen LogP contribution in [0.4, 0.5) is 0 Å². The maximum atomic E-state index is 13.1. The minimum atomic E-state index is 0.275. The van der Waals surface area contributed by atoms with Crippen molar-refractivity contribution in [2.75, 3.05) is 13.1 Å². The fraction of sp³-hybridized carbons (Fsp3) is 0.517. The highest BCUT2D eigenvalue weighted by molar-refractivity contribution is 6.07. The molecule has 0 unspecified atom stereocenters. The molecule has 3 aromatic rings. The van der Waals surface area contributed by atoms with Crippen molar-refractivity contribution in [2.24, 2.45) is 11.8 Å². The molecule has 34 heavy (non-hydrogen) atoms. The second-order valence-electron chi connectivity index (χ2n) is 10.6. The van der Waals surface area contributed by atoms with E-state index in [2.05, 4.69) is 28.7 Å². The Kier molecular flexibility index (Phi) is 7.00. The summed E-state index contributed by atoms with van der Waals surface area (Å²) in [7, 11) is 0. The lowest BCUT2D eigenvalue weighted by atomic mass is 9.78. The number of pyridine rings is 1. The third kappa shape index (κ3) is 5.20. The van der Waals surface area contributed by atoms with Crippen LogP contribution in [0.5, 0.6) is 0 Å². The Hall–Kier alpha value is -2.66. The Bertz CT molecular complexity index is 1140. The molecule has 0 radical (unpaired) electrons. The highest BCUT2D eigenvalue weighted by Crippen LogP contribution is 2.34. The van der Waals surface area contributed by atoms with Gasteiger partial charge in [-0.05, 0) is 61.8 Å². The average Bonchev–Trinajstić information content (AvgIpc) is 2.87. The standard InChI is InChI=1S/C29H36N4O/c1-20(2)29-31-18-23-13-16-33(19-27(23)32-29)15-12-21-8-10-22(11-9-21)17-28(34)25-5-3-7-26-24(25)6-4-14-30-26/h3-7,14,18,20-22H,8-13,15-17,19H2,1-2H3. The van der Waals surface area contributed by atoms with Crippen LogP contribution >= 0.6 is 0 Å². The minimum absolute atomic E-state index is 0.275. The number of rotatable bonds is 7. The maximum absolute atomic E-state index is 13.1. The molecular formula is C29H36N4O. The summed E-state index contributed by atoms with van der Waals surface area (Å²) in [4.78, 5) is 29.4. The van der Waals surface area contributed by atoms with Crippen LogP contribution in [-0.2, 0) is 13.0 Å². The summed E-state index contributed by atoms with van der Waals surface area (Å²) in [5.41, 5.74) is 4.30. The van der Waals surface area contributed by atoms with Crippen molar-refractivity contribution < 1.29 is 4.79 Å². The first-order valence-corrected chi connectivity index (χ1v) is 13.0. The second kappa shape index (κ2) is 10.3. The van der Waals surface area contributed by atoms with Gasteiger partial charge in [-0.15, -0.1) is 0 Å². The lowest BCUT2D eigenvalue weighted by Crippen LogP contribution is -2.33. The van der Waals surface area contributed by atoms with E-state index in [0.29, 0.717) is 18.3 Å². The van der Waals surface area contributed by atoms with Crippen LogP contribution in [0, 0.1) is 11.8 Å². The lowest BCUT2D eigenvalue weighted by Gasteiger charge is -2.32. The first-order chi connectivity index (χ1) is 16.6. The Morgan fingerprint density at radius 2 is 1.88 bits per heavy atom. The molecule has 0 N–H and O–H groups in total. The highest BCUT2D eigenvalue weighted by Gasteiger charge is 2.25. The summed E-state index contributed by atoms with van der Waals surface area (Å²) < 4.78 is 0. The van der Waals surface area contributed by atoms with Crippen LogP contribution in [0.3, 0.4) is 0 Å². The molecule has 2 aromatic heterocycles. The molecule has 1 fully saturated rings. The van der Waals surface area contributed by atoms with Crippen molar-refractivity contribution in [3.8, 4) is 0 Å². The van der Waals surface area contributed by atoms with Gasteiger partial charge in [0.1, 0.15) is 5.82 Å². The quantitative estimate of drug-likeness (QED) is 0.410. The van der Waals surface area contributed by atoms with Crippen LogP contribution in [0.25, 0.3) is 10.9 Å². The molecule has 0 atom stereocenters. The van der Waals surface area contributed by atoms with Crippen molar-refractivity contribution in [1.29, 1.82) is 0 Å². The normalized spacial score (nSPS) is 21.0. The molecule has 0 bridgehead atoms. The van der Waals surface area contributed by atoms with E-state index in [0.717, 1.165) is 54.3 Å². The number of benzene rings is 1. The molecule has 178 valence electrons. The number of carbonyl (C=O) groups is 1. The molecule has 0 amide bonds. The number of carbonyl (C=O) groups excluding carboxylic acids is 1. The van der Waals surface area contributed by atoms with Crippen LogP contribution < -0.4 is 0 Å². The number of ketones is 1. The molecule has 2 aliphatic rings. The van der Waals surface area contributed by atoms with Gasteiger partial charge in [-0.1, -0.05) is 44.9 Å². The van der Waals surface area contributed by atoms with E-state index in [4.69, 9.17) is 4.98 Å². The molecule has 5 heteroatoms. The molecule has 1 aromatic carbocycles. The van der Waals surface area contributed by atoms with E-state index in [-0.39, 0.29) is 5.78 Å². The van der Waals surface area contributed by atoms with E-state index >= 15 is 0 Å². The molecule has 5 rings (SSSR count). The number of fused-ring (bicyclic) bond motifs is 2. The summed E-state index contributed by atoms with van der Waals surface area (Å²) in [5, 5.41) is 0.984. The molecule has 0 saturated heterocycles. The maximum Gasteiger partial charge on any atom is 0.163 e. The zero-order valence-electron chi connectivity index (χ0n) is 20.5. The van der Waals surface area contributed by atoms with E-state index < -0.39 is 0 Å². The van der Waals surface area contributed by atoms with Crippen molar-refractivity contribution in [3.05, 3.63) is 65.4 Å². The monoisotopic (exact) mass is 456 g/mol. The smallest absolute Gasteiger partial charge is 0.163 e. The fourth-order valence-corrected chi connectivity index (χ4v) is 5.65. The number of nitrogens with zero attached hydrogens (tertiary/aromatic N) is 4. The third-order valence-corrected chi connectivity index (χ3v) is 7.80.